The Morgan fingerprint density at radius 2 is 1.55 bits per heavy atom. The Bertz CT molecular complexity index is 934. The normalized spacial score (nSPS) is 14.9. The number of benzene rings is 1. The maximum Gasteiger partial charge on any atom is 0.308 e. The van der Waals surface area contributed by atoms with E-state index in [1.807, 2.05) is 41.5 Å². The number of non-ortho nitro benzene ring substituents is 1. The van der Waals surface area contributed by atoms with Gasteiger partial charge >= 0.3 is 5.97 Å². The lowest BCUT2D eigenvalue weighted by Gasteiger charge is -2.31. The van der Waals surface area contributed by atoms with Crippen LogP contribution in [-0.4, -0.2) is 22.4 Å². The third-order valence-electron chi connectivity index (χ3n) is 4.35. The van der Waals surface area contributed by atoms with E-state index in [0.717, 1.165) is 6.07 Å². The highest BCUT2D eigenvalue weighted by Crippen LogP contribution is 2.38. The van der Waals surface area contributed by atoms with Gasteiger partial charge in [-0.2, -0.15) is 0 Å². The minimum absolute atomic E-state index is 0.00693. The fourth-order valence-electron chi connectivity index (χ4n) is 2.88. The second kappa shape index (κ2) is 7.73. The van der Waals surface area contributed by atoms with Crippen LogP contribution in [0.1, 0.15) is 48.5 Å². The minimum Gasteiger partial charge on any atom is -0.424 e. The molecule has 0 aromatic heterocycles. The van der Waals surface area contributed by atoms with Crippen molar-refractivity contribution in [3.05, 3.63) is 51.6 Å². The first kappa shape index (κ1) is 22.2. The summed E-state index contributed by atoms with van der Waals surface area (Å²) in [6.07, 6.45) is 3.44. The van der Waals surface area contributed by atoms with Crippen LogP contribution in [-0.2, 0) is 9.59 Å². The van der Waals surface area contributed by atoms with Crippen molar-refractivity contribution in [1.82, 2.24) is 0 Å². The minimum atomic E-state index is -0.609. The lowest BCUT2D eigenvalue weighted by Crippen LogP contribution is -2.29. The summed E-state index contributed by atoms with van der Waals surface area (Å²) in [5.41, 5.74) is 1.04. The molecule has 0 atom stereocenters. The Labute approximate surface area is 170 Å². The van der Waals surface area contributed by atoms with Crippen LogP contribution >= 0.6 is 0 Å². The van der Waals surface area contributed by atoms with Gasteiger partial charge in [0.2, 0.25) is 0 Å². The van der Waals surface area contributed by atoms with Crippen LogP contribution in [0, 0.1) is 20.9 Å². The number of carbonyl (C=O) groups is 2. The standard InChI is InChI=1S/C22H26N2O5/c1-13(25)29-19-12-15(24(27)28)8-9-18(19)23-14-10-16(21(2,3)4)20(26)17(11-14)22(5,6)7/h8-12H,1-7H3. The molecule has 154 valence electrons. The molecule has 2 rings (SSSR count). The van der Waals surface area contributed by atoms with Crippen LogP contribution in [0.4, 0.5) is 11.4 Å². The number of nitro benzene ring substituents is 1. The molecule has 7 heteroatoms. The summed E-state index contributed by atoms with van der Waals surface area (Å²) in [6.45, 7) is 12.9. The summed E-state index contributed by atoms with van der Waals surface area (Å²) in [7, 11) is 0. The summed E-state index contributed by atoms with van der Waals surface area (Å²) in [5.74, 6) is -0.636. The van der Waals surface area contributed by atoms with Gasteiger partial charge in [-0.05, 0) is 29.0 Å². The molecule has 1 aliphatic rings. The summed E-state index contributed by atoms with van der Waals surface area (Å²) in [5, 5.41) is 11.1. The number of hydrogen-bond acceptors (Lipinski definition) is 6. The van der Waals surface area contributed by atoms with Crippen molar-refractivity contribution in [3.8, 4) is 5.75 Å². The Kier molecular flexibility index (Phi) is 5.92. The Morgan fingerprint density at radius 3 is 1.97 bits per heavy atom. The van der Waals surface area contributed by atoms with E-state index in [9.17, 15) is 19.7 Å². The maximum absolute atomic E-state index is 13.0. The van der Waals surface area contributed by atoms with E-state index < -0.39 is 21.7 Å². The molecular weight excluding hydrogens is 372 g/mol. The Balaban J connectivity index is 2.68. The van der Waals surface area contributed by atoms with Crippen LogP contribution in [0.15, 0.2) is 46.5 Å². The molecule has 0 fully saturated rings. The molecular formula is C22H26N2O5. The van der Waals surface area contributed by atoms with Crippen LogP contribution < -0.4 is 4.74 Å². The summed E-state index contributed by atoms with van der Waals surface area (Å²) < 4.78 is 5.13. The Morgan fingerprint density at radius 1 is 1.03 bits per heavy atom. The van der Waals surface area contributed by atoms with Crippen LogP contribution in [0.2, 0.25) is 0 Å². The average molecular weight is 398 g/mol. The van der Waals surface area contributed by atoms with Crippen molar-refractivity contribution in [2.75, 3.05) is 0 Å². The van der Waals surface area contributed by atoms with E-state index in [1.165, 1.54) is 19.1 Å². The van der Waals surface area contributed by atoms with E-state index in [1.54, 1.807) is 12.2 Å². The average Bonchev–Trinajstić information content (AvgIpc) is 2.55. The molecule has 0 saturated heterocycles. The number of Topliss-reactive ketones (excluding diaryl/α,β-unsaturated/α-hetero) is 1. The highest BCUT2D eigenvalue weighted by molar-refractivity contribution is 6.23. The van der Waals surface area contributed by atoms with Gasteiger partial charge < -0.3 is 4.74 Å². The molecule has 1 aromatic rings. The molecule has 0 bridgehead atoms. The molecule has 0 heterocycles. The smallest absolute Gasteiger partial charge is 0.308 e. The van der Waals surface area contributed by atoms with E-state index in [-0.39, 0.29) is 22.9 Å². The predicted molar refractivity (Wildman–Crippen MR) is 112 cm³/mol. The first-order valence-corrected chi connectivity index (χ1v) is 9.25. The zero-order valence-electron chi connectivity index (χ0n) is 17.8. The molecule has 0 amide bonds. The molecule has 0 aliphatic heterocycles. The van der Waals surface area contributed by atoms with E-state index in [2.05, 4.69) is 4.99 Å². The van der Waals surface area contributed by atoms with Crippen molar-refractivity contribution < 1.29 is 19.2 Å². The van der Waals surface area contributed by atoms with Crippen molar-refractivity contribution in [3.63, 3.8) is 0 Å². The molecule has 0 unspecified atom stereocenters. The Hall–Kier alpha value is -3.09. The number of aliphatic imine (C=N–C) groups is 1. The van der Waals surface area contributed by atoms with Gasteiger partial charge in [0.15, 0.2) is 11.5 Å². The number of hydrogen-bond donors (Lipinski definition) is 0. The third kappa shape index (κ3) is 5.25. The van der Waals surface area contributed by atoms with Crippen LogP contribution in [0.5, 0.6) is 5.75 Å². The molecule has 7 nitrogen and oxygen atoms in total. The van der Waals surface area contributed by atoms with Gasteiger partial charge in [-0.15, -0.1) is 0 Å². The van der Waals surface area contributed by atoms with Gasteiger partial charge in [0.1, 0.15) is 5.69 Å². The molecule has 29 heavy (non-hydrogen) atoms. The van der Waals surface area contributed by atoms with E-state index in [0.29, 0.717) is 16.9 Å². The molecule has 1 aliphatic carbocycles. The largest absolute Gasteiger partial charge is 0.424 e. The van der Waals surface area contributed by atoms with Crippen LogP contribution in [0.25, 0.3) is 0 Å². The second-order valence-corrected chi connectivity index (χ2v) is 8.98. The fourth-order valence-corrected chi connectivity index (χ4v) is 2.88. The first-order valence-electron chi connectivity index (χ1n) is 9.25. The maximum atomic E-state index is 13.0. The molecule has 1 aromatic carbocycles. The molecule has 0 spiro atoms. The summed E-state index contributed by atoms with van der Waals surface area (Å²) in [4.78, 5) is 39.5. The summed E-state index contributed by atoms with van der Waals surface area (Å²) in [6, 6.07) is 3.88. The number of carbonyl (C=O) groups excluding carboxylic acids is 2. The molecule has 0 radical (unpaired) electrons. The number of ketones is 1. The lowest BCUT2D eigenvalue weighted by atomic mass is 9.72. The number of nitro groups is 1. The van der Waals surface area contributed by atoms with Gasteiger partial charge in [-0.3, -0.25) is 19.7 Å². The fraction of sp³-hybridized carbons (Fsp3) is 0.409. The second-order valence-electron chi connectivity index (χ2n) is 8.98. The highest BCUT2D eigenvalue weighted by Gasteiger charge is 2.34. The van der Waals surface area contributed by atoms with Crippen molar-refractivity contribution >= 4 is 28.8 Å². The number of ether oxygens (including phenoxy) is 1. The summed E-state index contributed by atoms with van der Waals surface area (Å²) >= 11 is 0. The van der Waals surface area contributed by atoms with Gasteiger partial charge in [0.05, 0.1) is 16.7 Å². The van der Waals surface area contributed by atoms with E-state index >= 15 is 0 Å². The molecule has 0 saturated carbocycles. The third-order valence-corrected chi connectivity index (χ3v) is 4.35. The molecule has 0 N–H and O–H groups in total. The number of esters is 1. The van der Waals surface area contributed by atoms with Gasteiger partial charge in [-0.1, -0.05) is 41.5 Å². The highest BCUT2D eigenvalue weighted by atomic mass is 16.6. The number of rotatable bonds is 3. The number of nitrogens with zero attached hydrogens (tertiary/aromatic N) is 2. The predicted octanol–water partition coefficient (Wildman–Crippen LogP) is 5.12. The SMILES string of the molecule is CC(=O)Oc1cc([N+](=O)[O-])ccc1N=C1C=C(C(C)(C)C)C(=O)C(C(C)(C)C)=C1. The number of allylic oxidation sites excluding steroid dienone is 4. The van der Waals surface area contributed by atoms with Crippen LogP contribution in [0.3, 0.4) is 0 Å². The van der Waals surface area contributed by atoms with Crippen molar-refractivity contribution in [2.45, 2.75) is 48.5 Å². The quantitative estimate of drug-likeness (QED) is 0.231. The van der Waals surface area contributed by atoms with Gasteiger partial charge in [-0.25, -0.2) is 4.99 Å². The van der Waals surface area contributed by atoms with Crippen molar-refractivity contribution in [1.29, 1.82) is 0 Å². The van der Waals surface area contributed by atoms with Crippen molar-refractivity contribution in [2.24, 2.45) is 15.8 Å². The van der Waals surface area contributed by atoms with Gasteiger partial charge in [0, 0.05) is 24.1 Å². The monoisotopic (exact) mass is 398 g/mol. The topological polar surface area (TPSA) is 98.9 Å². The zero-order valence-corrected chi connectivity index (χ0v) is 17.8. The van der Waals surface area contributed by atoms with E-state index in [4.69, 9.17) is 4.74 Å². The lowest BCUT2D eigenvalue weighted by molar-refractivity contribution is -0.384. The van der Waals surface area contributed by atoms with Gasteiger partial charge in [0.25, 0.3) is 5.69 Å². The first-order chi connectivity index (χ1) is 13.2. The zero-order chi connectivity index (χ0) is 22.1.